The Labute approximate surface area is 144 Å². The molecule has 2 aliphatic rings. The third-order valence-corrected chi connectivity index (χ3v) is 6.29. The number of rotatable bonds is 4. The zero-order valence-electron chi connectivity index (χ0n) is 13.2. The molecule has 1 heterocycles. The summed E-state index contributed by atoms with van der Waals surface area (Å²) in [4.78, 5) is 15.8. The van der Waals surface area contributed by atoms with Crippen molar-refractivity contribution in [3.8, 4) is 0 Å². The number of benzene rings is 1. The Balaban J connectivity index is 1.50. The highest BCUT2D eigenvalue weighted by Gasteiger charge is 2.59. The predicted octanol–water partition coefficient (Wildman–Crippen LogP) is 4.01. The smallest absolute Gasteiger partial charge is 0.267 e. The molecular weight excluding hydrogens is 356 g/mol. The van der Waals surface area contributed by atoms with Gasteiger partial charge in [0.2, 0.25) is 0 Å². The van der Waals surface area contributed by atoms with Gasteiger partial charge in [0.1, 0.15) is 5.69 Å². The van der Waals surface area contributed by atoms with Crippen LogP contribution in [-0.4, -0.2) is 29.6 Å². The van der Waals surface area contributed by atoms with Crippen molar-refractivity contribution in [3.63, 3.8) is 0 Å². The van der Waals surface area contributed by atoms with Gasteiger partial charge in [-0.25, -0.2) is 0 Å². The van der Waals surface area contributed by atoms with Crippen LogP contribution < -0.4 is 5.32 Å². The number of hydrogen-bond donors (Lipinski definition) is 2. The number of fused-ring (bicyclic) bond motifs is 1. The Morgan fingerprint density at radius 1 is 1.48 bits per heavy atom. The molecule has 2 N–H and O–H groups in total. The number of H-pyrrole nitrogens is 1. The van der Waals surface area contributed by atoms with Gasteiger partial charge in [0.05, 0.1) is 6.10 Å². The first-order valence-electron chi connectivity index (χ1n) is 8.34. The average molecular weight is 377 g/mol. The number of nitrogens with one attached hydrogen (secondary N) is 2. The van der Waals surface area contributed by atoms with Gasteiger partial charge in [-0.2, -0.15) is 0 Å². The lowest BCUT2D eigenvalue weighted by atomic mass is 9.51. The van der Waals surface area contributed by atoms with Crippen molar-refractivity contribution in [2.45, 2.75) is 44.8 Å². The predicted molar refractivity (Wildman–Crippen MR) is 93.6 cm³/mol. The van der Waals surface area contributed by atoms with Crippen LogP contribution >= 0.6 is 15.9 Å². The molecule has 4 nitrogen and oxygen atoms in total. The van der Waals surface area contributed by atoms with Crippen LogP contribution in [0.25, 0.3) is 10.9 Å². The van der Waals surface area contributed by atoms with Crippen molar-refractivity contribution in [1.29, 1.82) is 0 Å². The second-order valence-electron chi connectivity index (χ2n) is 6.68. The number of aromatic nitrogens is 1. The van der Waals surface area contributed by atoms with Gasteiger partial charge in [0.25, 0.3) is 5.91 Å². The highest BCUT2D eigenvalue weighted by atomic mass is 79.9. The van der Waals surface area contributed by atoms with Gasteiger partial charge in [-0.05, 0) is 44.4 Å². The minimum atomic E-state index is -0.0145. The summed E-state index contributed by atoms with van der Waals surface area (Å²) in [6.07, 6.45) is 4.84. The summed E-state index contributed by atoms with van der Waals surface area (Å²) in [5, 5.41) is 4.27. The molecular formula is C18H21BrN2O2. The highest BCUT2D eigenvalue weighted by molar-refractivity contribution is 9.10. The maximum absolute atomic E-state index is 12.6. The van der Waals surface area contributed by atoms with E-state index in [0.29, 0.717) is 11.8 Å². The fourth-order valence-electron chi connectivity index (χ4n) is 4.12. The lowest BCUT2D eigenvalue weighted by molar-refractivity contribution is -0.169. The first-order chi connectivity index (χ1) is 11.1. The molecule has 1 spiro atoms. The fraction of sp³-hybridized carbons (Fsp3) is 0.500. The van der Waals surface area contributed by atoms with Crippen molar-refractivity contribution in [2.24, 2.45) is 5.41 Å². The van der Waals surface area contributed by atoms with Crippen molar-refractivity contribution in [2.75, 3.05) is 6.61 Å². The third-order valence-electron chi connectivity index (χ3n) is 5.60. The molecule has 0 aliphatic heterocycles. The fourth-order valence-corrected chi connectivity index (χ4v) is 4.60. The second kappa shape index (κ2) is 5.64. The summed E-state index contributed by atoms with van der Waals surface area (Å²) in [7, 11) is 0. The number of carbonyl (C=O) groups excluding carboxylic acids is 1. The van der Waals surface area contributed by atoms with E-state index in [1.165, 1.54) is 19.3 Å². The normalized spacial score (nSPS) is 25.1. The molecule has 1 amide bonds. The largest absolute Gasteiger partial charge is 0.378 e. The molecule has 2 fully saturated rings. The van der Waals surface area contributed by atoms with E-state index in [9.17, 15) is 4.79 Å². The molecule has 2 aromatic rings. The quantitative estimate of drug-likeness (QED) is 0.846. The van der Waals surface area contributed by atoms with Crippen LogP contribution in [0.4, 0.5) is 0 Å². The van der Waals surface area contributed by atoms with Gasteiger partial charge in [0, 0.05) is 33.4 Å². The van der Waals surface area contributed by atoms with Gasteiger partial charge in [-0.15, -0.1) is 0 Å². The third kappa shape index (κ3) is 2.32. The minimum Gasteiger partial charge on any atom is -0.378 e. The summed E-state index contributed by atoms with van der Waals surface area (Å²) in [5.74, 6) is -0.0145. The monoisotopic (exact) mass is 376 g/mol. The molecule has 2 aliphatic carbocycles. The lowest BCUT2D eigenvalue weighted by Gasteiger charge is -2.60. The van der Waals surface area contributed by atoms with Crippen LogP contribution in [0.3, 0.4) is 0 Å². The Hall–Kier alpha value is -1.33. The number of hydrogen-bond acceptors (Lipinski definition) is 2. The molecule has 0 radical (unpaired) electrons. The van der Waals surface area contributed by atoms with Crippen LogP contribution in [0.15, 0.2) is 28.7 Å². The van der Waals surface area contributed by atoms with Crippen LogP contribution in [0, 0.1) is 5.41 Å². The van der Waals surface area contributed by atoms with Crippen LogP contribution in [0.5, 0.6) is 0 Å². The maximum atomic E-state index is 12.6. The number of halogens is 1. The van der Waals surface area contributed by atoms with E-state index < -0.39 is 0 Å². The Morgan fingerprint density at radius 3 is 2.96 bits per heavy atom. The summed E-state index contributed by atoms with van der Waals surface area (Å²) in [5.41, 5.74) is 1.79. The Morgan fingerprint density at radius 2 is 2.30 bits per heavy atom. The lowest BCUT2D eigenvalue weighted by Crippen LogP contribution is -2.67. The average Bonchev–Trinajstić information content (AvgIpc) is 2.90. The van der Waals surface area contributed by atoms with Crippen LogP contribution in [0.1, 0.15) is 43.1 Å². The van der Waals surface area contributed by atoms with E-state index in [2.05, 4.69) is 26.2 Å². The van der Waals surface area contributed by atoms with Crippen LogP contribution in [-0.2, 0) is 4.74 Å². The first kappa shape index (κ1) is 15.2. The number of amides is 1. The molecule has 1 aromatic heterocycles. The van der Waals surface area contributed by atoms with E-state index in [4.69, 9.17) is 4.74 Å². The zero-order chi connectivity index (χ0) is 16.0. The van der Waals surface area contributed by atoms with Gasteiger partial charge < -0.3 is 15.0 Å². The number of ether oxygens (including phenoxy) is 1. The van der Waals surface area contributed by atoms with E-state index in [0.717, 1.165) is 28.4 Å². The molecule has 4 rings (SSSR count). The second-order valence-corrected chi connectivity index (χ2v) is 7.53. The summed E-state index contributed by atoms with van der Waals surface area (Å²) >= 11 is 3.53. The summed E-state index contributed by atoms with van der Waals surface area (Å²) in [6, 6.07) is 8.10. The Bertz CT molecular complexity index is 751. The van der Waals surface area contributed by atoms with Gasteiger partial charge in [-0.1, -0.05) is 28.4 Å². The molecule has 0 saturated heterocycles. The standard InChI is InChI=1S/C18H21BrN2O2/c1-2-23-16-10-15(18(16)7-4-8-18)21-17(22)14-9-11-12(19)5-3-6-13(11)20-14/h3,5-6,9,15-16,20H,2,4,7-8,10H2,1H3,(H,21,22)/t15-,16+/m1/s1. The molecule has 0 unspecified atom stereocenters. The number of carbonyl (C=O) groups is 1. The molecule has 23 heavy (non-hydrogen) atoms. The van der Waals surface area contributed by atoms with E-state index >= 15 is 0 Å². The Kier molecular flexibility index (Phi) is 3.73. The van der Waals surface area contributed by atoms with E-state index in [1.807, 2.05) is 31.2 Å². The topological polar surface area (TPSA) is 54.1 Å². The maximum Gasteiger partial charge on any atom is 0.267 e. The van der Waals surface area contributed by atoms with Gasteiger partial charge >= 0.3 is 0 Å². The van der Waals surface area contributed by atoms with Crippen molar-refractivity contribution in [1.82, 2.24) is 10.3 Å². The van der Waals surface area contributed by atoms with Crippen molar-refractivity contribution >= 4 is 32.7 Å². The van der Waals surface area contributed by atoms with Crippen molar-refractivity contribution in [3.05, 3.63) is 34.4 Å². The van der Waals surface area contributed by atoms with E-state index in [1.54, 1.807) is 0 Å². The summed E-state index contributed by atoms with van der Waals surface area (Å²) in [6.45, 7) is 2.80. The summed E-state index contributed by atoms with van der Waals surface area (Å²) < 4.78 is 6.85. The molecule has 122 valence electrons. The SMILES string of the molecule is CCO[C@H]1C[C@@H](NC(=O)c2cc3c(Br)cccc3[nH]2)C12CCC2. The molecule has 2 saturated carbocycles. The van der Waals surface area contributed by atoms with Crippen LogP contribution in [0.2, 0.25) is 0 Å². The molecule has 2 atom stereocenters. The minimum absolute atomic E-state index is 0.0145. The zero-order valence-corrected chi connectivity index (χ0v) is 14.8. The highest BCUT2D eigenvalue weighted by Crippen LogP contribution is 2.57. The van der Waals surface area contributed by atoms with Crippen molar-refractivity contribution < 1.29 is 9.53 Å². The molecule has 0 bridgehead atoms. The van der Waals surface area contributed by atoms with Gasteiger partial charge in [0.15, 0.2) is 0 Å². The van der Waals surface area contributed by atoms with Gasteiger partial charge in [-0.3, -0.25) is 4.79 Å². The number of aromatic amines is 1. The first-order valence-corrected chi connectivity index (χ1v) is 9.13. The molecule has 5 heteroatoms. The molecule has 1 aromatic carbocycles. The van der Waals surface area contributed by atoms with E-state index in [-0.39, 0.29) is 17.4 Å².